The van der Waals surface area contributed by atoms with Gasteiger partial charge in [-0.15, -0.1) is 0 Å². The summed E-state index contributed by atoms with van der Waals surface area (Å²) in [5.74, 6) is -3.70. The lowest BCUT2D eigenvalue weighted by molar-refractivity contribution is 0.303. The van der Waals surface area contributed by atoms with Crippen LogP contribution >= 0.6 is 0 Å². The van der Waals surface area contributed by atoms with Crippen molar-refractivity contribution in [1.29, 1.82) is 0 Å². The van der Waals surface area contributed by atoms with Crippen LogP contribution < -0.4 is 10.6 Å². The zero-order valence-electron chi connectivity index (χ0n) is 24.8. The van der Waals surface area contributed by atoms with Gasteiger partial charge < -0.3 is 15.5 Å². The van der Waals surface area contributed by atoms with Crippen molar-refractivity contribution in [2.24, 2.45) is 0 Å². The van der Waals surface area contributed by atoms with Crippen molar-refractivity contribution in [2.75, 3.05) is 31.5 Å². The molecule has 1 saturated carbocycles. The highest BCUT2D eigenvalue weighted by atomic mass is 19.2. The highest BCUT2D eigenvalue weighted by molar-refractivity contribution is 5.70. The Kier molecular flexibility index (Phi) is 11.0. The Morgan fingerprint density at radius 1 is 0.814 bits per heavy atom. The van der Waals surface area contributed by atoms with E-state index >= 15 is 0 Å². The molecule has 3 nitrogen and oxygen atoms in total. The van der Waals surface area contributed by atoms with Gasteiger partial charge in [0.2, 0.25) is 0 Å². The molecule has 0 saturated heterocycles. The van der Waals surface area contributed by atoms with Crippen molar-refractivity contribution in [3.63, 3.8) is 0 Å². The zero-order chi connectivity index (χ0) is 30.9. The lowest BCUT2D eigenvalue weighted by Gasteiger charge is -2.31. The maximum absolute atomic E-state index is 13.9. The first-order valence-electron chi connectivity index (χ1n) is 14.7. The molecule has 0 amide bonds. The molecule has 1 aliphatic carbocycles. The van der Waals surface area contributed by atoms with Crippen LogP contribution in [0.15, 0.2) is 90.5 Å². The first kappa shape index (κ1) is 31.8. The fraction of sp³-hybridized carbons (Fsp3) is 0.278. The van der Waals surface area contributed by atoms with Crippen molar-refractivity contribution in [3.05, 3.63) is 131 Å². The first-order valence-corrected chi connectivity index (χ1v) is 14.7. The minimum Gasteiger partial charge on any atom is -0.385 e. The molecule has 0 aliphatic heterocycles. The summed E-state index contributed by atoms with van der Waals surface area (Å²) in [5.41, 5.74) is 6.07. The molecule has 1 fully saturated rings. The summed E-state index contributed by atoms with van der Waals surface area (Å²) in [4.78, 5) is 2.40. The van der Waals surface area contributed by atoms with Gasteiger partial charge in [-0.05, 0) is 109 Å². The number of hydrogen-bond acceptors (Lipinski definition) is 3. The summed E-state index contributed by atoms with van der Waals surface area (Å²) in [7, 11) is 0. The van der Waals surface area contributed by atoms with E-state index in [0.29, 0.717) is 29.5 Å². The Morgan fingerprint density at radius 2 is 1.35 bits per heavy atom. The number of rotatable bonds is 12. The molecule has 0 atom stereocenters. The molecule has 0 spiro atoms. The maximum atomic E-state index is 13.9. The second kappa shape index (κ2) is 14.9. The quantitative estimate of drug-likeness (QED) is 0.163. The SMILES string of the molecule is C=C1/C(=C/c2ccc(F)c(F)c2)CC(NC(=C)c2ccc(NCCCN(CC)CC)cc2)C/C1=C\c1ccc(F)c(F)c1. The molecule has 226 valence electrons. The van der Waals surface area contributed by atoms with E-state index in [9.17, 15) is 17.6 Å². The van der Waals surface area contributed by atoms with Crippen LogP contribution in [-0.4, -0.2) is 37.1 Å². The van der Waals surface area contributed by atoms with Gasteiger partial charge in [0.15, 0.2) is 23.3 Å². The Morgan fingerprint density at radius 3 is 1.84 bits per heavy atom. The Hall–Kier alpha value is -4.10. The lowest BCUT2D eigenvalue weighted by Crippen LogP contribution is -2.31. The summed E-state index contributed by atoms with van der Waals surface area (Å²) in [6.45, 7) is 16.9. The molecule has 0 aromatic heterocycles. The van der Waals surface area contributed by atoms with Gasteiger partial charge in [-0.1, -0.05) is 63.4 Å². The van der Waals surface area contributed by atoms with Gasteiger partial charge in [0.05, 0.1) is 0 Å². The lowest BCUT2D eigenvalue weighted by atomic mass is 9.81. The second-order valence-corrected chi connectivity index (χ2v) is 10.8. The third-order valence-corrected chi connectivity index (χ3v) is 7.76. The average molecular weight is 590 g/mol. The van der Waals surface area contributed by atoms with Gasteiger partial charge in [-0.3, -0.25) is 0 Å². The summed E-state index contributed by atoms with van der Waals surface area (Å²) in [6, 6.07) is 15.5. The third kappa shape index (κ3) is 8.71. The van der Waals surface area contributed by atoms with Crippen LogP contribution in [-0.2, 0) is 0 Å². The number of anilines is 1. The largest absolute Gasteiger partial charge is 0.385 e. The second-order valence-electron chi connectivity index (χ2n) is 10.8. The Balaban J connectivity index is 1.49. The van der Waals surface area contributed by atoms with Crippen LogP contribution in [0.5, 0.6) is 0 Å². The fourth-order valence-corrected chi connectivity index (χ4v) is 5.25. The standard InChI is InChI=1S/C36H39F4N3/c1-5-43(6-2)17-7-16-41-31-12-10-28(11-13-31)25(4)42-32-22-29(18-26-8-14-33(37)35(39)20-26)24(3)30(23-32)19-27-9-15-34(38)36(40)21-27/h8-15,18-21,32,41-42H,3-7,16-17,22-23H2,1-2H3/b29-18+,30-19+. The van der Waals surface area contributed by atoms with Crippen molar-refractivity contribution < 1.29 is 17.6 Å². The topological polar surface area (TPSA) is 27.3 Å². The van der Waals surface area contributed by atoms with E-state index in [0.717, 1.165) is 85.0 Å². The van der Waals surface area contributed by atoms with Crippen LogP contribution in [0.4, 0.5) is 23.2 Å². The molecule has 43 heavy (non-hydrogen) atoms. The van der Waals surface area contributed by atoms with E-state index in [1.807, 2.05) is 24.3 Å². The summed E-state index contributed by atoms with van der Waals surface area (Å²) >= 11 is 0. The average Bonchev–Trinajstić information content (AvgIpc) is 2.99. The molecule has 0 radical (unpaired) electrons. The molecular weight excluding hydrogens is 550 g/mol. The fourth-order valence-electron chi connectivity index (χ4n) is 5.25. The zero-order valence-corrected chi connectivity index (χ0v) is 24.8. The number of allylic oxidation sites excluding steroid dienone is 1. The number of hydrogen-bond donors (Lipinski definition) is 2. The van der Waals surface area contributed by atoms with Crippen LogP contribution in [0, 0.1) is 23.3 Å². The minimum absolute atomic E-state index is 0.107. The normalized spacial score (nSPS) is 17.1. The van der Waals surface area contributed by atoms with E-state index in [2.05, 4.69) is 42.5 Å². The highest BCUT2D eigenvalue weighted by Crippen LogP contribution is 2.36. The highest BCUT2D eigenvalue weighted by Gasteiger charge is 2.24. The summed E-state index contributed by atoms with van der Waals surface area (Å²) in [6.07, 6.45) is 5.73. The molecule has 0 heterocycles. The molecule has 3 aromatic rings. The van der Waals surface area contributed by atoms with Crippen molar-refractivity contribution in [2.45, 2.75) is 39.2 Å². The molecule has 2 N–H and O–H groups in total. The van der Waals surface area contributed by atoms with Crippen LogP contribution in [0.2, 0.25) is 0 Å². The monoisotopic (exact) mass is 589 g/mol. The van der Waals surface area contributed by atoms with E-state index in [4.69, 9.17) is 0 Å². The van der Waals surface area contributed by atoms with Gasteiger partial charge in [-0.2, -0.15) is 0 Å². The summed E-state index contributed by atoms with van der Waals surface area (Å²) in [5, 5.41) is 6.99. The molecule has 1 aliphatic rings. The molecule has 0 unspecified atom stereocenters. The van der Waals surface area contributed by atoms with Crippen molar-refractivity contribution in [3.8, 4) is 0 Å². The van der Waals surface area contributed by atoms with E-state index < -0.39 is 23.3 Å². The van der Waals surface area contributed by atoms with Gasteiger partial charge in [0.1, 0.15) is 0 Å². The predicted molar refractivity (Wildman–Crippen MR) is 170 cm³/mol. The smallest absolute Gasteiger partial charge is 0.159 e. The third-order valence-electron chi connectivity index (χ3n) is 7.76. The molecule has 0 bridgehead atoms. The van der Waals surface area contributed by atoms with Crippen LogP contribution in [0.1, 0.15) is 49.8 Å². The van der Waals surface area contributed by atoms with Crippen molar-refractivity contribution >= 4 is 23.5 Å². The first-order chi connectivity index (χ1) is 20.7. The number of nitrogens with zero attached hydrogens (tertiary/aromatic N) is 1. The number of nitrogens with one attached hydrogen (secondary N) is 2. The van der Waals surface area contributed by atoms with Crippen LogP contribution in [0.25, 0.3) is 17.8 Å². The van der Waals surface area contributed by atoms with E-state index in [1.54, 1.807) is 12.2 Å². The van der Waals surface area contributed by atoms with E-state index in [-0.39, 0.29) is 6.04 Å². The van der Waals surface area contributed by atoms with Gasteiger partial charge in [0.25, 0.3) is 0 Å². The summed E-state index contributed by atoms with van der Waals surface area (Å²) < 4.78 is 55.0. The maximum Gasteiger partial charge on any atom is 0.159 e. The minimum atomic E-state index is -0.932. The predicted octanol–water partition coefficient (Wildman–Crippen LogP) is 8.83. The molecule has 4 rings (SSSR count). The Labute approximate surface area is 252 Å². The van der Waals surface area contributed by atoms with Gasteiger partial charge >= 0.3 is 0 Å². The van der Waals surface area contributed by atoms with Crippen LogP contribution in [0.3, 0.4) is 0 Å². The van der Waals surface area contributed by atoms with Gasteiger partial charge in [-0.25, -0.2) is 17.6 Å². The molecule has 3 aromatic carbocycles. The Bertz CT molecular complexity index is 1430. The number of benzene rings is 3. The van der Waals surface area contributed by atoms with E-state index in [1.165, 1.54) is 12.1 Å². The van der Waals surface area contributed by atoms with Gasteiger partial charge in [0, 0.05) is 24.0 Å². The number of halogens is 4. The molecule has 7 heteroatoms. The van der Waals surface area contributed by atoms with Crippen molar-refractivity contribution in [1.82, 2.24) is 10.2 Å². The molecular formula is C36H39F4N3.